The van der Waals surface area contributed by atoms with Crippen LogP contribution < -0.4 is 0 Å². The minimum absolute atomic E-state index is 0.101. The fourth-order valence-corrected chi connectivity index (χ4v) is 40.2. The molecule has 0 bridgehead atoms. The van der Waals surface area contributed by atoms with E-state index in [1.165, 1.54) is 61.2 Å². The van der Waals surface area contributed by atoms with E-state index in [4.69, 9.17) is 17.0 Å². The molecule has 2 unspecified atom stereocenters. The van der Waals surface area contributed by atoms with E-state index in [1.807, 2.05) is 0 Å². The first-order valence-corrected chi connectivity index (χ1v) is 32.3. The van der Waals surface area contributed by atoms with E-state index in [-0.39, 0.29) is 7.25 Å². The van der Waals surface area contributed by atoms with Crippen molar-refractivity contribution in [1.82, 2.24) is 0 Å². The van der Waals surface area contributed by atoms with Gasteiger partial charge in [0.2, 0.25) is 0 Å². The number of halogens is 2. The van der Waals surface area contributed by atoms with Crippen LogP contribution in [-0.2, 0) is 22.0 Å². The van der Waals surface area contributed by atoms with E-state index in [0.717, 1.165) is 12.8 Å². The van der Waals surface area contributed by atoms with Crippen molar-refractivity contribution in [2.45, 2.75) is 60.9 Å². The zero-order valence-corrected chi connectivity index (χ0v) is 31.4. The Hall–Kier alpha value is -1.96. The van der Waals surface area contributed by atoms with Gasteiger partial charge in [0, 0.05) is 0 Å². The van der Waals surface area contributed by atoms with Crippen LogP contribution in [0.2, 0.25) is 13.1 Å². The molecule has 2 aliphatic rings. The quantitative estimate of drug-likeness (QED) is 0.160. The van der Waals surface area contributed by atoms with Gasteiger partial charge in [-0.1, -0.05) is 0 Å². The van der Waals surface area contributed by atoms with E-state index in [1.54, 1.807) is 0 Å². The van der Waals surface area contributed by atoms with Gasteiger partial charge in [0.05, 0.1) is 0 Å². The topological polar surface area (TPSA) is 0 Å². The van der Waals surface area contributed by atoms with Gasteiger partial charge in [0.15, 0.2) is 0 Å². The number of hydrogen-bond acceptors (Lipinski definition) is 0. The van der Waals surface area contributed by atoms with Gasteiger partial charge in [-0.2, -0.15) is 0 Å². The summed E-state index contributed by atoms with van der Waals surface area (Å²) in [5, 5.41) is 0. The molecule has 0 amide bonds. The Morgan fingerprint density at radius 3 is 1.88 bits per heavy atom. The number of benzene rings is 4. The number of rotatable bonds is 8. The molecular formula is C39H43Cl2SiZr. The molecule has 0 saturated carbocycles. The molecule has 4 aromatic rings. The van der Waals surface area contributed by atoms with Gasteiger partial charge in [-0.15, -0.1) is 0 Å². The third-order valence-electron chi connectivity index (χ3n) is 10.2. The molecule has 0 spiro atoms. The molecule has 43 heavy (non-hydrogen) atoms. The van der Waals surface area contributed by atoms with Gasteiger partial charge in [0.25, 0.3) is 0 Å². The maximum absolute atomic E-state index is 8.66. The van der Waals surface area contributed by atoms with Crippen molar-refractivity contribution in [2.75, 3.05) is 0 Å². The Morgan fingerprint density at radius 1 is 0.721 bits per heavy atom. The molecule has 6 rings (SSSR count). The summed E-state index contributed by atoms with van der Waals surface area (Å²) in [5.74, 6) is -1.26. The van der Waals surface area contributed by atoms with E-state index in [2.05, 4.69) is 144 Å². The molecule has 0 aromatic heterocycles. The molecule has 0 heterocycles. The third-order valence-corrected chi connectivity index (χ3v) is 62.1. The molecule has 0 fully saturated rings. The third kappa shape index (κ3) is 4.96. The van der Waals surface area contributed by atoms with Crippen LogP contribution >= 0.6 is 17.0 Å². The van der Waals surface area contributed by atoms with Crippen molar-refractivity contribution in [3.05, 3.63) is 130 Å². The molecule has 0 N–H and O–H groups in total. The van der Waals surface area contributed by atoms with Crippen LogP contribution in [0, 0.1) is 5.92 Å². The predicted molar refractivity (Wildman–Crippen MR) is 190 cm³/mol. The minimum atomic E-state index is -4.81. The Morgan fingerprint density at radius 2 is 1.33 bits per heavy atom. The number of fused-ring (bicyclic) bond motifs is 2. The van der Waals surface area contributed by atoms with Crippen molar-refractivity contribution in [3.63, 3.8) is 0 Å². The second kappa shape index (κ2) is 11.8. The standard InChI is InChI=1S/C19H19.C18H17.C2H7Si.2ClH.Zr/c1-3-7-15-10-11-17(16-8-5-4-6-9-16)19-13-14(2)12-18(15)19;1-13(2)16-11-15-9-6-10-17(18(15)12-16)14-7-4-3-5-8-14;1-3-2;;;/h4-6,8-13H,3,7H2,1-2H3;3-13H,1-2H3;3H,1-2H3;2*1H;/q;;;;;+2/p-2. The monoisotopic (exact) mass is 699 g/mol. The molecule has 0 aliphatic heterocycles. The zero-order valence-electron chi connectivity index (χ0n) is 26.3. The van der Waals surface area contributed by atoms with Crippen LogP contribution in [0.4, 0.5) is 0 Å². The van der Waals surface area contributed by atoms with Crippen molar-refractivity contribution >= 4 is 35.1 Å². The first-order chi connectivity index (χ1) is 20.6. The van der Waals surface area contributed by atoms with Crippen molar-refractivity contribution < 1.29 is 15.6 Å². The van der Waals surface area contributed by atoms with Gasteiger partial charge in [-0.25, -0.2) is 0 Å². The second-order valence-corrected chi connectivity index (χ2v) is 55.8. The number of hydrogen-bond donors (Lipinski definition) is 0. The Kier molecular flexibility index (Phi) is 8.49. The van der Waals surface area contributed by atoms with E-state index >= 15 is 0 Å². The van der Waals surface area contributed by atoms with Crippen LogP contribution in [0.5, 0.6) is 0 Å². The molecule has 0 radical (unpaired) electrons. The maximum atomic E-state index is 8.66. The molecule has 221 valence electrons. The van der Waals surface area contributed by atoms with Gasteiger partial charge >= 0.3 is 270 Å². The van der Waals surface area contributed by atoms with Crippen LogP contribution in [0.1, 0.15) is 69.2 Å². The SMILES string of the molecule is CCCc1ccc(-c2ccccc2)c2c1[CH]([Zr]([Cl])([Cl])([CH]1C(C(C)C)=Cc3c(-c4ccccc4)cccc31)[SiH](C)C)C(C)=C2. The van der Waals surface area contributed by atoms with Crippen molar-refractivity contribution in [3.8, 4) is 22.3 Å². The number of allylic oxidation sites excluding steroid dienone is 2. The molecule has 2 atom stereocenters. The van der Waals surface area contributed by atoms with Gasteiger partial charge in [-0.3, -0.25) is 0 Å². The molecule has 0 saturated heterocycles. The predicted octanol–water partition coefficient (Wildman–Crippen LogP) is 12.2. The van der Waals surface area contributed by atoms with Crippen molar-refractivity contribution in [1.29, 1.82) is 0 Å². The molecule has 0 nitrogen and oxygen atoms in total. The Bertz CT molecular complexity index is 1730. The molecule has 4 aromatic carbocycles. The zero-order chi connectivity index (χ0) is 30.5. The summed E-state index contributed by atoms with van der Waals surface area (Å²) in [4.78, 5) is 0. The fraction of sp³-hybridized carbons (Fsp3) is 0.282. The molecule has 4 heteroatoms. The average Bonchev–Trinajstić information content (AvgIpc) is 3.58. The summed E-state index contributed by atoms with van der Waals surface area (Å²) in [6.45, 7) is 14.2. The van der Waals surface area contributed by atoms with Gasteiger partial charge in [-0.05, 0) is 0 Å². The van der Waals surface area contributed by atoms with Crippen LogP contribution in [0.3, 0.4) is 0 Å². The second-order valence-electron chi connectivity index (χ2n) is 13.3. The summed E-state index contributed by atoms with van der Waals surface area (Å²) >= 11 is -4.81. The van der Waals surface area contributed by atoms with E-state index in [0.29, 0.717) is 5.92 Å². The molecular weight excluding hydrogens is 659 g/mol. The Labute approximate surface area is 267 Å². The van der Waals surface area contributed by atoms with Crippen molar-refractivity contribution in [2.24, 2.45) is 5.92 Å². The summed E-state index contributed by atoms with van der Waals surface area (Å²) < 4.78 is 0.208. The van der Waals surface area contributed by atoms with Gasteiger partial charge < -0.3 is 0 Å². The first kappa shape index (κ1) is 31.0. The fourth-order valence-electron chi connectivity index (χ4n) is 8.03. The average molecular weight is 702 g/mol. The van der Waals surface area contributed by atoms with Crippen LogP contribution in [-0.4, -0.2) is 5.92 Å². The Balaban J connectivity index is 1.63. The summed E-state index contributed by atoms with van der Waals surface area (Å²) in [7, 11) is 17.3. The van der Waals surface area contributed by atoms with Gasteiger partial charge in [0.1, 0.15) is 0 Å². The number of aryl methyl sites for hydroxylation is 1. The molecule has 2 aliphatic carbocycles. The normalized spacial score (nSPS) is 18.7. The first-order valence-electron chi connectivity index (χ1n) is 15.9. The summed E-state index contributed by atoms with van der Waals surface area (Å²) in [6.07, 6.45) is 7.07. The van der Waals surface area contributed by atoms with E-state index < -0.39 is 21.5 Å². The van der Waals surface area contributed by atoms with Crippen LogP contribution in [0.15, 0.2) is 102 Å². The summed E-state index contributed by atoms with van der Waals surface area (Å²) in [6, 6.07) is 33.2. The van der Waals surface area contributed by atoms with E-state index in [9.17, 15) is 0 Å². The van der Waals surface area contributed by atoms with Crippen LogP contribution in [0.25, 0.3) is 34.4 Å². The summed E-state index contributed by atoms with van der Waals surface area (Å²) in [5.41, 5.74) is 14.8.